The summed E-state index contributed by atoms with van der Waals surface area (Å²) < 4.78 is 30.2. The number of carbonyl (C=O) groups is 1. The van der Waals surface area contributed by atoms with Crippen molar-refractivity contribution < 1.29 is 18.3 Å². The summed E-state index contributed by atoms with van der Waals surface area (Å²) in [5.74, 6) is -0.793. The van der Waals surface area contributed by atoms with Crippen molar-refractivity contribution in [3.05, 3.63) is 89.6 Å². The summed E-state index contributed by atoms with van der Waals surface area (Å²) in [5.41, 5.74) is 8.52. The monoisotopic (exact) mass is 504 g/mol. The number of aromatic nitrogens is 1. The molecule has 0 saturated carbocycles. The Balaban J connectivity index is 2.09. The van der Waals surface area contributed by atoms with Crippen LogP contribution in [0.5, 0.6) is 0 Å². The molecule has 1 aromatic heterocycles. The fraction of sp³-hybridized carbons (Fsp3) is 0.276. The van der Waals surface area contributed by atoms with Crippen molar-refractivity contribution in [3.63, 3.8) is 0 Å². The second kappa shape index (κ2) is 9.47. The van der Waals surface area contributed by atoms with E-state index < -0.39 is 21.2 Å². The van der Waals surface area contributed by atoms with Gasteiger partial charge >= 0.3 is 5.97 Å². The molecule has 7 heteroatoms. The quantitative estimate of drug-likeness (QED) is 0.292. The molecule has 3 aromatic carbocycles. The van der Waals surface area contributed by atoms with Crippen molar-refractivity contribution in [3.8, 4) is 0 Å². The Hall–Kier alpha value is -3.58. The van der Waals surface area contributed by atoms with Crippen LogP contribution in [0.15, 0.2) is 82.6 Å². The zero-order chi connectivity index (χ0) is 26.3. The Morgan fingerprint density at radius 2 is 1.64 bits per heavy atom. The number of nitrogens with zero attached hydrogens (tertiary/aromatic N) is 1. The first kappa shape index (κ1) is 25.5. The lowest BCUT2D eigenvalue weighted by Gasteiger charge is -2.22. The van der Waals surface area contributed by atoms with Gasteiger partial charge in [0, 0.05) is 35.2 Å². The highest BCUT2D eigenvalue weighted by Gasteiger charge is 2.35. The third-order valence-electron chi connectivity index (χ3n) is 6.64. The smallest absolute Gasteiger partial charge is 0.309 e. The molecule has 0 saturated heterocycles. The van der Waals surface area contributed by atoms with Crippen molar-refractivity contribution in [2.45, 2.75) is 56.4 Å². The van der Waals surface area contributed by atoms with Gasteiger partial charge in [-0.2, -0.15) is 0 Å². The van der Waals surface area contributed by atoms with Crippen molar-refractivity contribution in [1.29, 1.82) is 0 Å². The number of benzene rings is 3. The van der Waals surface area contributed by atoms with Crippen molar-refractivity contribution in [1.82, 2.24) is 4.57 Å². The molecule has 0 aliphatic heterocycles. The largest absolute Gasteiger partial charge is 0.481 e. The Labute approximate surface area is 212 Å². The minimum absolute atomic E-state index is 0.0460. The third-order valence-corrected chi connectivity index (χ3v) is 8.53. The lowest BCUT2D eigenvalue weighted by Crippen LogP contribution is -2.28. The molecule has 188 valence electrons. The molecular weight excluding hydrogens is 472 g/mol. The number of carboxylic acid groups (broad SMARTS) is 1. The Bertz CT molecular complexity index is 1520. The number of nitrogens with two attached hydrogens (primary N) is 1. The molecular formula is C29H32N2O4S. The van der Waals surface area contributed by atoms with E-state index in [2.05, 4.69) is 13.8 Å². The van der Waals surface area contributed by atoms with Crippen LogP contribution in [0, 0.1) is 5.41 Å². The number of rotatable bonds is 8. The summed E-state index contributed by atoms with van der Waals surface area (Å²) in [4.78, 5) is 12.5. The van der Waals surface area contributed by atoms with E-state index >= 15 is 0 Å². The highest BCUT2D eigenvalue weighted by Crippen LogP contribution is 2.39. The molecule has 0 aliphatic rings. The second-order valence-corrected chi connectivity index (χ2v) is 12.1. The number of hydrogen-bond acceptors (Lipinski definition) is 4. The fourth-order valence-electron chi connectivity index (χ4n) is 4.43. The SMILES string of the molecule is CC(C)c1ccc2c(c1)c(S(=O)(=O)c1ccccc1)c(CC(C)(C)C(=O)O)n2Cc1ccc(N)cc1. The fourth-order valence-corrected chi connectivity index (χ4v) is 6.12. The van der Waals surface area contributed by atoms with Gasteiger partial charge in [0.25, 0.3) is 0 Å². The molecule has 1 heterocycles. The van der Waals surface area contributed by atoms with E-state index in [-0.39, 0.29) is 22.1 Å². The standard InChI is InChI=1S/C29H32N2O4S/c1-19(2)21-12-15-25-24(16-21)27(36(34,35)23-8-6-5-7-9-23)26(17-29(3,4)28(32)33)31(25)18-20-10-13-22(30)14-11-20/h5-16,19H,17-18,30H2,1-4H3,(H,32,33). The van der Waals surface area contributed by atoms with Gasteiger partial charge in [-0.25, -0.2) is 8.42 Å². The molecule has 0 fully saturated rings. The number of nitrogen functional groups attached to an aromatic ring is 1. The van der Waals surface area contributed by atoms with Gasteiger partial charge in [-0.05, 0) is 67.3 Å². The molecule has 4 aromatic rings. The maximum Gasteiger partial charge on any atom is 0.309 e. The maximum absolute atomic E-state index is 14.1. The number of sulfone groups is 1. The highest BCUT2D eigenvalue weighted by atomic mass is 32.2. The first-order valence-corrected chi connectivity index (χ1v) is 13.4. The molecule has 0 bridgehead atoms. The summed E-state index contributed by atoms with van der Waals surface area (Å²) in [5, 5.41) is 10.6. The molecule has 4 rings (SSSR count). The van der Waals surface area contributed by atoms with E-state index in [1.807, 2.05) is 34.9 Å². The van der Waals surface area contributed by atoms with Crippen LogP contribution in [-0.2, 0) is 27.6 Å². The second-order valence-electron chi connectivity index (χ2n) is 10.2. The van der Waals surface area contributed by atoms with E-state index in [0.717, 1.165) is 16.6 Å². The summed E-state index contributed by atoms with van der Waals surface area (Å²) in [6.45, 7) is 7.75. The summed E-state index contributed by atoms with van der Waals surface area (Å²) >= 11 is 0. The number of aliphatic carboxylic acids is 1. The van der Waals surface area contributed by atoms with Crippen LogP contribution in [0.4, 0.5) is 5.69 Å². The van der Waals surface area contributed by atoms with Crippen LogP contribution >= 0.6 is 0 Å². The predicted molar refractivity (Wildman–Crippen MR) is 143 cm³/mol. The van der Waals surface area contributed by atoms with Crippen LogP contribution in [0.3, 0.4) is 0 Å². The molecule has 0 unspecified atom stereocenters. The predicted octanol–water partition coefficient (Wildman–Crippen LogP) is 5.88. The first-order chi connectivity index (χ1) is 16.9. The minimum Gasteiger partial charge on any atom is -0.481 e. The Kier molecular flexibility index (Phi) is 6.71. The molecule has 0 aliphatic carbocycles. The van der Waals surface area contributed by atoms with Crippen molar-refractivity contribution in [2.24, 2.45) is 5.41 Å². The molecule has 36 heavy (non-hydrogen) atoms. The Morgan fingerprint density at radius 1 is 1.00 bits per heavy atom. The highest BCUT2D eigenvalue weighted by molar-refractivity contribution is 7.91. The van der Waals surface area contributed by atoms with Gasteiger partial charge in [-0.3, -0.25) is 4.79 Å². The van der Waals surface area contributed by atoms with Crippen molar-refractivity contribution in [2.75, 3.05) is 5.73 Å². The first-order valence-electron chi connectivity index (χ1n) is 11.9. The zero-order valence-electron chi connectivity index (χ0n) is 21.0. The number of hydrogen-bond donors (Lipinski definition) is 2. The van der Waals surface area contributed by atoms with Gasteiger partial charge in [-0.1, -0.05) is 50.2 Å². The molecule has 0 amide bonds. The molecule has 3 N–H and O–H groups in total. The van der Waals surface area contributed by atoms with E-state index in [1.165, 1.54) is 0 Å². The lowest BCUT2D eigenvalue weighted by atomic mass is 9.88. The number of fused-ring (bicyclic) bond motifs is 1. The molecule has 0 spiro atoms. The summed E-state index contributed by atoms with van der Waals surface area (Å²) in [6.07, 6.45) is 0.0460. The number of carboxylic acids is 1. The van der Waals surface area contributed by atoms with Crippen LogP contribution < -0.4 is 5.73 Å². The van der Waals surface area contributed by atoms with Crippen molar-refractivity contribution >= 4 is 32.4 Å². The average Bonchev–Trinajstić information content (AvgIpc) is 3.13. The van der Waals surface area contributed by atoms with E-state index in [0.29, 0.717) is 23.3 Å². The van der Waals surface area contributed by atoms with E-state index in [4.69, 9.17) is 5.73 Å². The molecule has 6 nitrogen and oxygen atoms in total. The van der Waals surface area contributed by atoms with E-state index in [1.54, 1.807) is 56.3 Å². The van der Waals surface area contributed by atoms with Crippen LogP contribution in [0.25, 0.3) is 10.9 Å². The van der Waals surface area contributed by atoms with Gasteiger partial charge in [0.15, 0.2) is 0 Å². The van der Waals surface area contributed by atoms with E-state index in [9.17, 15) is 18.3 Å². The Morgan fingerprint density at radius 3 is 2.22 bits per heavy atom. The van der Waals surface area contributed by atoms with Gasteiger partial charge in [-0.15, -0.1) is 0 Å². The van der Waals surface area contributed by atoms with Gasteiger partial charge in [0.05, 0.1) is 10.3 Å². The van der Waals surface area contributed by atoms with Crippen LogP contribution in [0.1, 0.15) is 50.4 Å². The maximum atomic E-state index is 14.1. The average molecular weight is 505 g/mol. The van der Waals surface area contributed by atoms with Crippen LogP contribution in [0.2, 0.25) is 0 Å². The molecule has 0 atom stereocenters. The molecule has 0 radical (unpaired) electrons. The zero-order valence-corrected chi connectivity index (χ0v) is 21.8. The summed E-state index contributed by atoms with van der Waals surface area (Å²) in [7, 11) is -3.95. The lowest BCUT2D eigenvalue weighted by molar-refractivity contribution is -0.146. The topological polar surface area (TPSA) is 102 Å². The number of anilines is 1. The third kappa shape index (κ3) is 4.75. The van der Waals surface area contributed by atoms with Gasteiger partial charge < -0.3 is 15.4 Å². The van der Waals surface area contributed by atoms with Gasteiger partial charge in [0.2, 0.25) is 9.84 Å². The minimum atomic E-state index is -3.95. The van der Waals surface area contributed by atoms with Crippen LogP contribution in [-0.4, -0.2) is 24.1 Å². The normalized spacial score (nSPS) is 12.4. The summed E-state index contributed by atoms with van der Waals surface area (Å²) in [6, 6.07) is 21.6. The van der Waals surface area contributed by atoms with Gasteiger partial charge in [0.1, 0.15) is 4.90 Å².